The first-order chi connectivity index (χ1) is 13.5. The number of alkyl halides is 3. The van der Waals surface area contributed by atoms with Crippen LogP contribution in [0.2, 0.25) is 0 Å². The van der Waals surface area contributed by atoms with Gasteiger partial charge in [0.25, 0.3) is 10.0 Å². The second-order valence-corrected chi connectivity index (χ2v) is 8.48. The number of pyridine rings is 1. The van der Waals surface area contributed by atoms with Gasteiger partial charge in [0, 0.05) is 11.6 Å². The van der Waals surface area contributed by atoms with Crippen molar-refractivity contribution in [1.82, 2.24) is 4.98 Å². The molecule has 0 atom stereocenters. The number of thiophene rings is 1. The maximum absolute atomic E-state index is 13.0. The van der Waals surface area contributed by atoms with Crippen molar-refractivity contribution >= 4 is 43.2 Å². The predicted octanol–water partition coefficient (Wildman–Crippen LogP) is 3.59. The summed E-state index contributed by atoms with van der Waals surface area (Å²) in [6, 6.07) is 6.95. The van der Waals surface area contributed by atoms with Gasteiger partial charge in [0.2, 0.25) is 5.56 Å². The zero-order valence-corrected chi connectivity index (χ0v) is 16.3. The number of H-pyrrole nitrogens is 1. The van der Waals surface area contributed by atoms with Crippen LogP contribution in [0.25, 0.3) is 10.9 Å². The third-order valence-corrected chi connectivity index (χ3v) is 6.31. The summed E-state index contributed by atoms with van der Waals surface area (Å²) in [5.74, 6) is -1.08. The summed E-state index contributed by atoms with van der Waals surface area (Å²) >= 11 is 0.0841. The highest BCUT2D eigenvalue weighted by Gasteiger charge is 2.36. The summed E-state index contributed by atoms with van der Waals surface area (Å²) in [4.78, 5) is 24.4. The summed E-state index contributed by atoms with van der Waals surface area (Å²) < 4.78 is 71.3. The molecule has 2 heterocycles. The number of ether oxygens (including phenoxy) is 1. The second kappa shape index (κ2) is 7.52. The van der Waals surface area contributed by atoms with Crippen LogP contribution < -0.4 is 10.3 Å². The van der Waals surface area contributed by atoms with Gasteiger partial charge in [-0.15, -0.1) is 11.3 Å². The highest BCUT2D eigenvalue weighted by Crippen LogP contribution is 2.40. The number of fused-ring (bicyclic) bond motifs is 1. The van der Waals surface area contributed by atoms with E-state index in [-0.39, 0.29) is 28.4 Å². The Labute approximate surface area is 166 Å². The molecule has 0 radical (unpaired) electrons. The molecule has 0 saturated carbocycles. The van der Waals surface area contributed by atoms with Crippen molar-refractivity contribution in [3.05, 3.63) is 57.2 Å². The second-order valence-electron chi connectivity index (χ2n) is 5.75. The Morgan fingerprint density at radius 1 is 1.21 bits per heavy atom. The monoisotopic (exact) mass is 446 g/mol. The predicted molar refractivity (Wildman–Crippen MR) is 101 cm³/mol. The van der Waals surface area contributed by atoms with Crippen molar-refractivity contribution in [2.75, 3.05) is 11.3 Å². The van der Waals surface area contributed by atoms with E-state index in [0.717, 1.165) is 0 Å². The lowest BCUT2D eigenvalue weighted by molar-refractivity contribution is -0.134. The van der Waals surface area contributed by atoms with E-state index in [1.54, 1.807) is 0 Å². The van der Waals surface area contributed by atoms with Crippen molar-refractivity contribution in [3.8, 4) is 0 Å². The SMILES string of the molecule is CCOC(=O)c1cc(C(F)(F)F)sc1NS(=O)(=O)c1ccc2[nH]c(=O)ccc2c1. The number of benzene rings is 1. The van der Waals surface area contributed by atoms with Gasteiger partial charge in [-0.05, 0) is 42.6 Å². The van der Waals surface area contributed by atoms with Crippen LogP contribution in [0.4, 0.5) is 18.2 Å². The van der Waals surface area contributed by atoms with Crippen LogP contribution in [0.3, 0.4) is 0 Å². The Hall–Kier alpha value is -2.86. The van der Waals surface area contributed by atoms with E-state index in [1.165, 1.54) is 37.3 Å². The number of aromatic nitrogens is 1. The number of esters is 1. The normalized spacial score (nSPS) is 12.1. The molecule has 3 aromatic rings. The molecule has 0 amide bonds. The summed E-state index contributed by atoms with van der Waals surface area (Å²) in [6.07, 6.45) is -4.76. The molecule has 2 N–H and O–H groups in total. The molecular formula is C17H13F3N2O5S2. The first-order valence-electron chi connectivity index (χ1n) is 8.05. The number of carbonyl (C=O) groups is 1. The highest BCUT2D eigenvalue weighted by molar-refractivity contribution is 7.93. The first kappa shape index (κ1) is 20.9. The number of nitrogens with one attached hydrogen (secondary N) is 2. The summed E-state index contributed by atoms with van der Waals surface area (Å²) in [7, 11) is -4.32. The molecule has 1 aromatic carbocycles. The van der Waals surface area contributed by atoms with Crippen LogP contribution in [-0.4, -0.2) is 26.0 Å². The molecule has 7 nitrogen and oxygen atoms in total. The van der Waals surface area contributed by atoms with E-state index in [9.17, 15) is 31.2 Å². The van der Waals surface area contributed by atoms with Crippen molar-refractivity contribution in [2.24, 2.45) is 0 Å². The van der Waals surface area contributed by atoms with Crippen LogP contribution in [0.5, 0.6) is 0 Å². The van der Waals surface area contributed by atoms with Crippen molar-refractivity contribution in [2.45, 2.75) is 18.0 Å². The molecule has 0 aliphatic carbocycles. The highest BCUT2D eigenvalue weighted by atomic mass is 32.2. The number of hydrogen-bond donors (Lipinski definition) is 2. The van der Waals surface area contributed by atoms with E-state index in [2.05, 4.69) is 4.98 Å². The molecule has 29 heavy (non-hydrogen) atoms. The fourth-order valence-corrected chi connectivity index (χ4v) is 4.71. The van der Waals surface area contributed by atoms with Crippen LogP contribution in [-0.2, 0) is 20.9 Å². The fourth-order valence-electron chi connectivity index (χ4n) is 2.45. The zero-order chi connectivity index (χ0) is 21.4. The Kier molecular flexibility index (Phi) is 5.41. The first-order valence-corrected chi connectivity index (χ1v) is 10.4. The Morgan fingerprint density at radius 2 is 1.93 bits per heavy atom. The molecule has 0 fully saturated rings. The van der Waals surface area contributed by atoms with E-state index in [1.807, 2.05) is 4.72 Å². The summed E-state index contributed by atoms with van der Waals surface area (Å²) in [5.41, 5.74) is -0.513. The van der Waals surface area contributed by atoms with E-state index < -0.39 is 37.6 Å². The van der Waals surface area contributed by atoms with E-state index in [4.69, 9.17) is 4.74 Å². The van der Waals surface area contributed by atoms with Gasteiger partial charge < -0.3 is 9.72 Å². The number of sulfonamides is 1. The average molecular weight is 446 g/mol. The Bertz CT molecular complexity index is 1250. The maximum atomic E-state index is 13.0. The van der Waals surface area contributed by atoms with Gasteiger partial charge in [-0.25, -0.2) is 13.2 Å². The number of hydrogen-bond acceptors (Lipinski definition) is 6. The number of anilines is 1. The minimum absolute atomic E-state index is 0.0841. The fraction of sp³-hybridized carbons (Fsp3) is 0.176. The van der Waals surface area contributed by atoms with Crippen LogP contribution in [0.15, 0.2) is 46.1 Å². The van der Waals surface area contributed by atoms with Gasteiger partial charge in [0.1, 0.15) is 9.88 Å². The van der Waals surface area contributed by atoms with Gasteiger partial charge in [-0.3, -0.25) is 9.52 Å². The lowest BCUT2D eigenvalue weighted by Gasteiger charge is -2.09. The van der Waals surface area contributed by atoms with Crippen LogP contribution in [0.1, 0.15) is 22.2 Å². The summed E-state index contributed by atoms with van der Waals surface area (Å²) in [6.45, 7) is 1.38. The smallest absolute Gasteiger partial charge is 0.425 e. The molecule has 12 heteroatoms. The van der Waals surface area contributed by atoms with Gasteiger partial charge in [-0.1, -0.05) is 0 Å². The lowest BCUT2D eigenvalue weighted by Crippen LogP contribution is -2.15. The largest absolute Gasteiger partial charge is 0.462 e. The molecular weight excluding hydrogens is 433 g/mol. The number of halogens is 3. The topological polar surface area (TPSA) is 105 Å². The molecule has 154 valence electrons. The Morgan fingerprint density at radius 3 is 2.59 bits per heavy atom. The molecule has 0 spiro atoms. The van der Waals surface area contributed by atoms with Crippen molar-refractivity contribution in [3.63, 3.8) is 0 Å². The minimum atomic E-state index is -4.76. The molecule has 0 aliphatic heterocycles. The molecule has 0 aliphatic rings. The van der Waals surface area contributed by atoms with Gasteiger partial charge in [0.05, 0.1) is 17.1 Å². The van der Waals surface area contributed by atoms with Crippen LogP contribution in [0, 0.1) is 0 Å². The Balaban J connectivity index is 2.03. The molecule has 3 rings (SSSR count). The maximum Gasteiger partial charge on any atom is 0.425 e. The third-order valence-electron chi connectivity index (χ3n) is 3.74. The van der Waals surface area contributed by atoms with E-state index in [0.29, 0.717) is 17.0 Å². The quantitative estimate of drug-likeness (QED) is 0.583. The molecule has 0 bridgehead atoms. The van der Waals surface area contributed by atoms with Crippen LogP contribution >= 0.6 is 11.3 Å². The van der Waals surface area contributed by atoms with Gasteiger partial charge >= 0.3 is 12.1 Å². The van der Waals surface area contributed by atoms with Crippen molar-refractivity contribution < 1.29 is 31.1 Å². The number of rotatable bonds is 5. The average Bonchev–Trinajstić information content (AvgIpc) is 3.05. The van der Waals surface area contributed by atoms with Crippen molar-refractivity contribution in [1.29, 1.82) is 0 Å². The molecule has 0 saturated heterocycles. The van der Waals surface area contributed by atoms with Gasteiger partial charge in [-0.2, -0.15) is 13.2 Å². The minimum Gasteiger partial charge on any atom is -0.462 e. The molecule has 0 unspecified atom stereocenters. The standard InChI is InChI=1S/C17H13F3N2O5S2/c1-2-27-16(24)11-8-13(17(18,19)20)28-15(11)22-29(25,26)10-4-5-12-9(7-10)3-6-14(23)21-12/h3-8,22H,2H2,1H3,(H,21,23). The third kappa shape index (κ3) is 4.43. The zero-order valence-electron chi connectivity index (χ0n) is 14.7. The van der Waals surface area contributed by atoms with Gasteiger partial charge in [0.15, 0.2) is 0 Å². The van der Waals surface area contributed by atoms with E-state index >= 15 is 0 Å². The number of carbonyl (C=O) groups excluding carboxylic acids is 1. The summed E-state index contributed by atoms with van der Waals surface area (Å²) in [5, 5.41) is -0.0995. The molecule has 2 aromatic heterocycles. The number of aromatic amines is 1. The lowest BCUT2D eigenvalue weighted by atomic mass is 10.2.